The molecule has 7 nitrogen and oxygen atoms in total. The molecule has 0 aliphatic carbocycles. The molecular weight excluding hydrogens is 436 g/mol. The number of aromatic nitrogens is 2. The van der Waals surface area contributed by atoms with Crippen molar-refractivity contribution in [1.82, 2.24) is 14.9 Å². The van der Waals surface area contributed by atoms with E-state index in [-0.39, 0.29) is 5.91 Å². The minimum absolute atomic E-state index is 0.198. The molecule has 0 atom stereocenters. The first-order chi connectivity index (χ1) is 16.2. The van der Waals surface area contributed by atoms with E-state index in [0.29, 0.717) is 10.7 Å². The quantitative estimate of drug-likeness (QED) is 0.458. The van der Waals surface area contributed by atoms with Gasteiger partial charge in [-0.1, -0.05) is 18.2 Å². The van der Waals surface area contributed by atoms with E-state index in [1.54, 1.807) is 7.11 Å². The van der Waals surface area contributed by atoms with Crippen LogP contribution in [0.15, 0.2) is 60.0 Å². The molecule has 1 aliphatic rings. The van der Waals surface area contributed by atoms with Crippen LogP contribution < -0.4 is 10.1 Å². The molecule has 8 heteroatoms. The minimum Gasteiger partial charge on any atom is -0.497 e. The molecule has 33 heavy (non-hydrogen) atoms. The maximum absolute atomic E-state index is 13.3. The average molecular weight is 461 g/mol. The van der Waals surface area contributed by atoms with Gasteiger partial charge in [-0.05, 0) is 36.4 Å². The highest BCUT2D eigenvalue weighted by atomic mass is 32.1. The number of thiazole rings is 1. The van der Waals surface area contributed by atoms with E-state index in [4.69, 9.17) is 14.5 Å². The summed E-state index contributed by atoms with van der Waals surface area (Å²) in [7, 11) is 1.64. The van der Waals surface area contributed by atoms with Crippen molar-refractivity contribution in [2.24, 2.45) is 0 Å². The third-order valence-electron chi connectivity index (χ3n) is 5.61. The van der Waals surface area contributed by atoms with Gasteiger partial charge in [-0.15, -0.1) is 11.3 Å². The molecule has 168 valence electrons. The molecule has 1 saturated heterocycles. The number of amides is 1. The zero-order chi connectivity index (χ0) is 22.6. The second-order valence-electron chi connectivity index (χ2n) is 7.79. The molecule has 1 aliphatic heterocycles. The van der Waals surface area contributed by atoms with E-state index in [1.807, 2.05) is 60.0 Å². The van der Waals surface area contributed by atoms with Crippen molar-refractivity contribution < 1.29 is 14.3 Å². The second-order valence-corrected chi connectivity index (χ2v) is 8.65. The van der Waals surface area contributed by atoms with Gasteiger partial charge >= 0.3 is 0 Å². The van der Waals surface area contributed by atoms with Crippen molar-refractivity contribution in [2.45, 2.75) is 6.54 Å². The summed E-state index contributed by atoms with van der Waals surface area (Å²) in [5, 5.41) is 6.38. The Kier molecular flexibility index (Phi) is 6.30. The number of nitrogens with one attached hydrogen (secondary N) is 1. The summed E-state index contributed by atoms with van der Waals surface area (Å²) in [6.07, 6.45) is 0. The van der Waals surface area contributed by atoms with Crippen LogP contribution in [0.3, 0.4) is 0 Å². The molecule has 1 amide bonds. The van der Waals surface area contributed by atoms with Crippen LogP contribution in [0.2, 0.25) is 0 Å². The number of methoxy groups -OCH3 is 1. The smallest absolute Gasteiger partial charge is 0.258 e. The third-order valence-corrected chi connectivity index (χ3v) is 6.41. The summed E-state index contributed by atoms with van der Waals surface area (Å²) in [5.41, 5.74) is 3.93. The maximum atomic E-state index is 13.3. The largest absolute Gasteiger partial charge is 0.497 e. The zero-order valence-corrected chi connectivity index (χ0v) is 19.1. The molecule has 3 heterocycles. The van der Waals surface area contributed by atoms with Crippen molar-refractivity contribution in [3.63, 3.8) is 0 Å². The number of fused-ring (bicyclic) bond motifs is 1. The molecule has 2 aromatic carbocycles. The fraction of sp³-hybridized carbons (Fsp3) is 0.240. The highest BCUT2D eigenvalue weighted by Gasteiger charge is 2.17. The predicted octanol–water partition coefficient (Wildman–Crippen LogP) is 4.45. The monoisotopic (exact) mass is 460 g/mol. The van der Waals surface area contributed by atoms with Crippen molar-refractivity contribution in [3.8, 4) is 17.0 Å². The van der Waals surface area contributed by atoms with Gasteiger partial charge in [0.05, 0.1) is 42.8 Å². The standard InChI is InChI=1S/C25H24N4O3S/c1-31-19-8-6-17(7-9-19)23-14-21(20-4-2-3-5-22(20)27-23)24(30)28-25-26-18(16-33-25)15-29-10-12-32-13-11-29/h2-9,14,16H,10-13,15H2,1H3,(H,26,28,30). The van der Waals surface area contributed by atoms with Gasteiger partial charge in [-0.25, -0.2) is 9.97 Å². The molecule has 0 unspecified atom stereocenters. The van der Waals surface area contributed by atoms with Gasteiger partial charge < -0.3 is 9.47 Å². The summed E-state index contributed by atoms with van der Waals surface area (Å²) in [4.78, 5) is 25.0. The highest BCUT2D eigenvalue weighted by Crippen LogP contribution is 2.27. The van der Waals surface area contributed by atoms with Crippen molar-refractivity contribution in [3.05, 3.63) is 71.2 Å². The normalized spacial score (nSPS) is 14.3. The summed E-state index contributed by atoms with van der Waals surface area (Å²) in [6, 6.07) is 17.2. The van der Waals surface area contributed by atoms with Gasteiger partial charge in [-0.2, -0.15) is 0 Å². The fourth-order valence-corrected chi connectivity index (χ4v) is 4.56. The molecular formula is C25H24N4O3S. The molecule has 0 saturated carbocycles. The van der Waals surface area contributed by atoms with Gasteiger partial charge in [0.1, 0.15) is 5.75 Å². The summed E-state index contributed by atoms with van der Waals surface area (Å²) < 4.78 is 10.7. The molecule has 4 aromatic rings. The van der Waals surface area contributed by atoms with E-state index in [0.717, 1.165) is 66.5 Å². The predicted molar refractivity (Wildman–Crippen MR) is 130 cm³/mol. The molecule has 5 rings (SSSR count). The number of anilines is 1. The molecule has 0 bridgehead atoms. The van der Waals surface area contributed by atoms with Gasteiger partial charge in [0, 0.05) is 36.0 Å². The Morgan fingerprint density at radius 3 is 2.70 bits per heavy atom. The van der Waals surface area contributed by atoms with Crippen molar-refractivity contribution in [2.75, 3.05) is 38.7 Å². The van der Waals surface area contributed by atoms with Crippen molar-refractivity contribution >= 4 is 33.3 Å². The number of ether oxygens (including phenoxy) is 2. The summed E-state index contributed by atoms with van der Waals surface area (Å²) in [6.45, 7) is 4.06. The van der Waals surface area contributed by atoms with Crippen LogP contribution in [0.4, 0.5) is 5.13 Å². The number of carbonyl (C=O) groups is 1. The minimum atomic E-state index is -0.198. The Morgan fingerprint density at radius 2 is 1.91 bits per heavy atom. The van der Waals surface area contributed by atoms with E-state index in [1.165, 1.54) is 11.3 Å². The van der Waals surface area contributed by atoms with E-state index >= 15 is 0 Å². The van der Waals surface area contributed by atoms with E-state index < -0.39 is 0 Å². The fourth-order valence-electron chi connectivity index (χ4n) is 3.86. The van der Waals surface area contributed by atoms with E-state index in [2.05, 4.69) is 15.2 Å². The number of benzene rings is 2. The number of hydrogen-bond donors (Lipinski definition) is 1. The Labute approximate surface area is 196 Å². The van der Waals surface area contributed by atoms with Crippen LogP contribution in [0.25, 0.3) is 22.2 Å². The van der Waals surface area contributed by atoms with Gasteiger partial charge in [0.25, 0.3) is 5.91 Å². The number of rotatable bonds is 6. The number of pyridine rings is 1. The first-order valence-corrected chi connectivity index (χ1v) is 11.7. The summed E-state index contributed by atoms with van der Waals surface area (Å²) >= 11 is 1.44. The lowest BCUT2D eigenvalue weighted by molar-refractivity contribution is 0.0337. The second kappa shape index (κ2) is 9.66. The third kappa shape index (κ3) is 4.88. The molecule has 1 N–H and O–H groups in total. The number of hydrogen-bond acceptors (Lipinski definition) is 7. The lowest BCUT2D eigenvalue weighted by Gasteiger charge is -2.25. The number of carbonyl (C=O) groups excluding carboxylic acids is 1. The van der Waals surface area contributed by atoms with Crippen LogP contribution >= 0.6 is 11.3 Å². The van der Waals surface area contributed by atoms with Crippen molar-refractivity contribution in [1.29, 1.82) is 0 Å². The lowest BCUT2D eigenvalue weighted by Crippen LogP contribution is -2.35. The SMILES string of the molecule is COc1ccc(-c2cc(C(=O)Nc3nc(CN4CCOCC4)cs3)c3ccccc3n2)cc1. The van der Waals surface area contributed by atoms with Gasteiger partial charge in [-0.3, -0.25) is 15.0 Å². The summed E-state index contributed by atoms with van der Waals surface area (Å²) in [5.74, 6) is 0.574. The topological polar surface area (TPSA) is 76.6 Å². The highest BCUT2D eigenvalue weighted by molar-refractivity contribution is 7.14. The lowest BCUT2D eigenvalue weighted by atomic mass is 10.0. The Hall–Kier alpha value is -3.33. The van der Waals surface area contributed by atoms with E-state index in [9.17, 15) is 4.79 Å². The molecule has 0 spiro atoms. The molecule has 2 aromatic heterocycles. The first-order valence-electron chi connectivity index (χ1n) is 10.8. The maximum Gasteiger partial charge on any atom is 0.258 e. The van der Waals surface area contributed by atoms with Gasteiger partial charge in [0.2, 0.25) is 0 Å². The van der Waals surface area contributed by atoms with Crippen LogP contribution in [0, 0.1) is 0 Å². The molecule has 1 fully saturated rings. The molecule has 0 radical (unpaired) electrons. The number of morpholine rings is 1. The Morgan fingerprint density at radius 1 is 1.12 bits per heavy atom. The van der Waals surface area contributed by atoms with Crippen LogP contribution in [0.5, 0.6) is 5.75 Å². The van der Waals surface area contributed by atoms with Crippen LogP contribution in [-0.2, 0) is 11.3 Å². The first kappa shape index (κ1) is 21.5. The Bertz CT molecular complexity index is 1270. The van der Waals surface area contributed by atoms with Gasteiger partial charge in [0.15, 0.2) is 5.13 Å². The zero-order valence-electron chi connectivity index (χ0n) is 18.3. The number of nitrogens with zero attached hydrogens (tertiary/aromatic N) is 3. The van der Waals surface area contributed by atoms with Crippen LogP contribution in [-0.4, -0.2) is 54.2 Å². The Balaban J connectivity index is 1.40. The number of para-hydroxylation sites is 1. The average Bonchev–Trinajstić information content (AvgIpc) is 3.30. The van der Waals surface area contributed by atoms with Crippen LogP contribution in [0.1, 0.15) is 16.1 Å².